The first kappa shape index (κ1) is 25.1. The second-order valence-electron chi connectivity index (χ2n) is 7.56. The minimum absolute atomic E-state index is 0.289. The maximum atomic E-state index is 11.8. The molecule has 0 aromatic heterocycles. The average Bonchev–Trinajstić information content (AvgIpc) is 2.83. The van der Waals surface area contributed by atoms with Crippen LogP contribution in [-0.4, -0.2) is 48.5 Å². The van der Waals surface area contributed by atoms with E-state index in [0.717, 1.165) is 32.9 Å². The van der Waals surface area contributed by atoms with Crippen LogP contribution in [0.3, 0.4) is 0 Å². The predicted molar refractivity (Wildman–Crippen MR) is 143 cm³/mol. The van der Waals surface area contributed by atoms with Crippen molar-refractivity contribution in [1.82, 2.24) is 10.6 Å². The molecule has 0 saturated heterocycles. The number of carbonyl (C=O) groups is 2. The first-order valence-electron chi connectivity index (χ1n) is 10.5. The average molecular weight is 499 g/mol. The summed E-state index contributed by atoms with van der Waals surface area (Å²) in [6.45, 7) is 3.34. The highest BCUT2D eigenvalue weighted by molar-refractivity contribution is 7.80. The van der Waals surface area contributed by atoms with Crippen LogP contribution in [-0.2, 0) is 19.1 Å². The van der Waals surface area contributed by atoms with E-state index in [1.807, 2.05) is 42.5 Å². The fourth-order valence-corrected chi connectivity index (χ4v) is 4.07. The van der Waals surface area contributed by atoms with Gasteiger partial charge < -0.3 is 30.7 Å². The number of carbonyl (C=O) groups excluding carboxylic acids is 2. The lowest BCUT2D eigenvalue weighted by molar-refractivity contribution is -0.143. The van der Waals surface area contributed by atoms with Gasteiger partial charge in [-0.3, -0.25) is 0 Å². The first-order valence-corrected chi connectivity index (χ1v) is 11.3. The molecule has 0 heterocycles. The normalized spacial score (nSPS) is 12.4. The van der Waals surface area contributed by atoms with E-state index < -0.39 is 24.0 Å². The van der Waals surface area contributed by atoms with Gasteiger partial charge in [0.1, 0.15) is 12.1 Å². The second-order valence-corrected chi connectivity index (χ2v) is 8.38. The van der Waals surface area contributed by atoms with Crippen molar-refractivity contribution in [3.63, 3.8) is 0 Å². The molecule has 0 aliphatic carbocycles. The third kappa shape index (κ3) is 5.70. The summed E-state index contributed by atoms with van der Waals surface area (Å²) < 4.78 is 9.50. The SMILES string of the molecule is COC(=O)C(C)NC(=S)Nc1cccc2c(NC(=S)NC(C)C(=O)OC)c3ccccc3cc12. The van der Waals surface area contributed by atoms with Gasteiger partial charge in [0.2, 0.25) is 0 Å². The summed E-state index contributed by atoms with van der Waals surface area (Å²) in [5.74, 6) is -0.831. The maximum Gasteiger partial charge on any atom is 0.328 e. The van der Waals surface area contributed by atoms with E-state index in [1.165, 1.54) is 14.2 Å². The molecule has 3 aromatic rings. The molecular weight excluding hydrogens is 472 g/mol. The molecule has 0 aliphatic rings. The summed E-state index contributed by atoms with van der Waals surface area (Å²) in [6.07, 6.45) is 0. The molecule has 3 rings (SSSR count). The zero-order valence-corrected chi connectivity index (χ0v) is 20.9. The van der Waals surface area contributed by atoms with Crippen LogP contribution >= 0.6 is 24.4 Å². The number of methoxy groups -OCH3 is 2. The van der Waals surface area contributed by atoms with Crippen molar-refractivity contribution >= 4 is 79.5 Å². The van der Waals surface area contributed by atoms with E-state index in [2.05, 4.69) is 27.3 Å². The molecule has 4 N–H and O–H groups in total. The van der Waals surface area contributed by atoms with E-state index >= 15 is 0 Å². The summed E-state index contributed by atoms with van der Waals surface area (Å²) in [5.41, 5.74) is 1.54. The van der Waals surface area contributed by atoms with E-state index in [4.69, 9.17) is 33.9 Å². The van der Waals surface area contributed by atoms with Crippen LogP contribution in [0.5, 0.6) is 0 Å². The van der Waals surface area contributed by atoms with Crippen LogP contribution in [0.4, 0.5) is 11.4 Å². The summed E-state index contributed by atoms with van der Waals surface area (Å²) in [6, 6.07) is 14.5. The summed E-state index contributed by atoms with van der Waals surface area (Å²) in [7, 11) is 2.65. The lowest BCUT2D eigenvalue weighted by Gasteiger charge is -2.20. The van der Waals surface area contributed by atoms with E-state index in [0.29, 0.717) is 0 Å². The largest absolute Gasteiger partial charge is 0.467 e. The number of thiocarbonyl (C=S) groups is 2. The lowest BCUT2D eigenvalue weighted by atomic mass is 9.99. The molecule has 10 heteroatoms. The van der Waals surface area contributed by atoms with Crippen molar-refractivity contribution in [3.05, 3.63) is 48.5 Å². The van der Waals surface area contributed by atoms with Gasteiger partial charge in [0.25, 0.3) is 0 Å². The quantitative estimate of drug-likeness (QED) is 0.229. The number of benzene rings is 3. The van der Waals surface area contributed by atoms with Gasteiger partial charge in [0, 0.05) is 21.8 Å². The van der Waals surface area contributed by atoms with Crippen molar-refractivity contribution < 1.29 is 19.1 Å². The number of fused-ring (bicyclic) bond motifs is 2. The minimum Gasteiger partial charge on any atom is -0.467 e. The number of hydrogen-bond acceptors (Lipinski definition) is 6. The van der Waals surface area contributed by atoms with E-state index in [-0.39, 0.29) is 10.2 Å². The van der Waals surface area contributed by atoms with Crippen LogP contribution in [0, 0.1) is 0 Å². The molecule has 0 aliphatic heterocycles. The Morgan fingerprint density at radius 2 is 1.32 bits per heavy atom. The molecule has 0 saturated carbocycles. The highest BCUT2D eigenvalue weighted by Crippen LogP contribution is 2.36. The van der Waals surface area contributed by atoms with Crippen molar-refractivity contribution in [1.29, 1.82) is 0 Å². The third-order valence-electron chi connectivity index (χ3n) is 5.20. The summed E-state index contributed by atoms with van der Waals surface area (Å²) in [4.78, 5) is 23.5. The van der Waals surface area contributed by atoms with Gasteiger partial charge in [-0.05, 0) is 55.8 Å². The smallest absolute Gasteiger partial charge is 0.328 e. The Morgan fingerprint density at radius 1 is 0.765 bits per heavy atom. The predicted octanol–water partition coefficient (Wildman–Crippen LogP) is 3.69. The summed E-state index contributed by atoms with van der Waals surface area (Å²) >= 11 is 10.9. The molecule has 2 atom stereocenters. The Bertz CT molecular complexity index is 1260. The summed E-state index contributed by atoms with van der Waals surface area (Å²) in [5, 5.41) is 16.6. The molecule has 0 fully saturated rings. The zero-order chi connectivity index (χ0) is 24.8. The lowest BCUT2D eigenvalue weighted by Crippen LogP contribution is -2.41. The van der Waals surface area contributed by atoms with Crippen LogP contribution in [0.1, 0.15) is 13.8 Å². The van der Waals surface area contributed by atoms with Gasteiger partial charge >= 0.3 is 11.9 Å². The number of hydrogen-bond donors (Lipinski definition) is 4. The van der Waals surface area contributed by atoms with Crippen LogP contribution in [0.25, 0.3) is 21.5 Å². The van der Waals surface area contributed by atoms with Gasteiger partial charge in [-0.1, -0.05) is 36.4 Å². The Kier molecular flexibility index (Phi) is 8.19. The van der Waals surface area contributed by atoms with Crippen LogP contribution in [0.2, 0.25) is 0 Å². The van der Waals surface area contributed by atoms with E-state index in [1.54, 1.807) is 13.8 Å². The number of esters is 2. The van der Waals surface area contributed by atoms with Crippen molar-refractivity contribution in [3.8, 4) is 0 Å². The molecular formula is C24H26N4O4S2. The van der Waals surface area contributed by atoms with Crippen molar-refractivity contribution in [2.75, 3.05) is 24.9 Å². The number of ether oxygens (including phenoxy) is 2. The molecule has 2 unspecified atom stereocenters. The molecule has 0 spiro atoms. The number of anilines is 2. The van der Waals surface area contributed by atoms with Crippen LogP contribution < -0.4 is 21.3 Å². The Balaban J connectivity index is 1.98. The number of rotatable bonds is 6. The van der Waals surface area contributed by atoms with Crippen molar-refractivity contribution in [2.24, 2.45) is 0 Å². The third-order valence-corrected chi connectivity index (χ3v) is 5.64. The van der Waals surface area contributed by atoms with Gasteiger partial charge in [-0.15, -0.1) is 0 Å². The van der Waals surface area contributed by atoms with Gasteiger partial charge in [0.15, 0.2) is 10.2 Å². The Hall–Kier alpha value is -3.50. The molecule has 178 valence electrons. The highest BCUT2D eigenvalue weighted by Gasteiger charge is 2.17. The van der Waals surface area contributed by atoms with E-state index in [9.17, 15) is 9.59 Å². The maximum absolute atomic E-state index is 11.8. The first-order chi connectivity index (χ1) is 16.2. The van der Waals surface area contributed by atoms with Gasteiger partial charge in [-0.25, -0.2) is 9.59 Å². The molecule has 34 heavy (non-hydrogen) atoms. The topological polar surface area (TPSA) is 101 Å². The monoisotopic (exact) mass is 498 g/mol. The Labute approximate surface area is 208 Å². The van der Waals surface area contributed by atoms with Crippen molar-refractivity contribution in [2.45, 2.75) is 25.9 Å². The molecule has 0 radical (unpaired) electrons. The fraction of sp³-hybridized carbons (Fsp3) is 0.250. The Morgan fingerprint density at radius 3 is 1.94 bits per heavy atom. The highest BCUT2D eigenvalue weighted by atomic mass is 32.1. The van der Waals surface area contributed by atoms with Crippen LogP contribution in [0.15, 0.2) is 48.5 Å². The molecule has 3 aromatic carbocycles. The molecule has 0 amide bonds. The standard InChI is InChI=1S/C24H26N4O4S2/c1-13(21(29)31-3)25-23(33)27-19-11-7-10-17-18(19)12-15-8-5-6-9-16(15)20(17)28-24(34)26-14(2)22(30)32-4/h5-14H,1-4H3,(H2,25,27,33)(H2,26,28,34). The van der Waals surface area contributed by atoms with Gasteiger partial charge in [-0.2, -0.15) is 0 Å². The second kappa shape index (κ2) is 11.1. The number of nitrogens with one attached hydrogen (secondary N) is 4. The van der Waals surface area contributed by atoms with Gasteiger partial charge in [0.05, 0.1) is 19.9 Å². The molecule has 0 bridgehead atoms. The zero-order valence-electron chi connectivity index (χ0n) is 19.2. The minimum atomic E-state index is -0.608. The fourth-order valence-electron chi connectivity index (χ4n) is 3.51. The molecule has 8 nitrogen and oxygen atoms in total.